The van der Waals surface area contributed by atoms with Crippen LogP contribution in [0.5, 0.6) is 0 Å². The van der Waals surface area contributed by atoms with E-state index in [0.717, 1.165) is 16.3 Å². The number of anilines is 1. The monoisotopic (exact) mass is 329 g/mol. The molecule has 0 amide bonds. The van der Waals surface area contributed by atoms with Gasteiger partial charge < -0.3 is 9.32 Å². The van der Waals surface area contributed by atoms with Gasteiger partial charge >= 0.3 is 0 Å². The number of hydrogen-bond acceptors (Lipinski definition) is 5. The zero-order chi connectivity index (χ0) is 15.4. The smallest absolute Gasteiger partial charge is 0.162 e. The molecule has 3 aromatic rings. The number of hydrogen-bond donors (Lipinski definition) is 0. The van der Waals surface area contributed by atoms with Crippen LogP contribution in [0.3, 0.4) is 0 Å². The van der Waals surface area contributed by atoms with E-state index in [4.69, 9.17) is 16.0 Å². The average molecular weight is 330 g/mol. The minimum atomic E-state index is 0.250. The minimum absolute atomic E-state index is 0.250. The molecule has 1 aromatic carbocycles. The molecule has 2 heterocycles. The molecule has 0 radical (unpaired) electrons. The summed E-state index contributed by atoms with van der Waals surface area (Å²) in [6.45, 7) is 1.20. The Labute approximate surface area is 137 Å². The van der Waals surface area contributed by atoms with Crippen LogP contribution in [0.4, 0.5) is 5.00 Å². The Hall–Kier alpha value is -2.29. The summed E-state index contributed by atoms with van der Waals surface area (Å²) < 4.78 is 9.52. The van der Waals surface area contributed by atoms with E-state index in [0.29, 0.717) is 18.7 Å². The van der Waals surface area contributed by atoms with Crippen molar-refractivity contribution in [3.8, 4) is 6.07 Å². The van der Waals surface area contributed by atoms with Crippen molar-refractivity contribution in [2.45, 2.75) is 13.1 Å². The van der Waals surface area contributed by atoms with E-state index in [-0.39, 0.29) is 5.15 Å². The summed E-state index contributed by atoms with van der Waals surface area (Å²) in [5, 5.41) is 10.3. The zero-order valence-corrected chi connectivity index (χ0v) is 13.1. The van der Waals surface area contributed by atoms with E-state index < -0.39 is 0 Å². The zero-order valence-electron chi connectivity index (χ0n) is 11.6. The van der Waals surface area contributed by atoms with Crippen LogP contribution in [-0.4, -0.2) is 4.37 Å². The van der Waals surface area contributed by atoms with Gasteiger partial charge in [0, 0.05) is 6.54 Å². The van der Waals surface area contributed by atoms with Crippen molar-refractivity contribution in [2.24, 2.45) is 0 Å². The van der Waals surface area contributed by atoms with Gasteiger partial charge in [-0.2, -0.15) is 9.64 Å². The molecular weight excluding hydrogens is 318 g/mol. The number of rotatable bonds is 5. The van der Waals surface area contributed by atoms with Gasteiger partial charge in [-0.1, -0.05) is 41.9 Å². The summed E-state index contributed by atoms with van der Waals surface area (Å²) in [5.41, 5.74) is 1.55. The van der Waals surface area contributed by atoms with Crippen LogP contribution in [0.25, 0.3) is 0 Å². The highest BCUT2D eigenvalue weighted by molar-refractivity contribution is 7.10. The molecule has 0 aliphatic carbocycles. The number of benzene rings is 1. The first kappa shape index (κ1) is 14.6. The quantitative estimate of drug-likeness (QED) is 0.693. The van der Waals surface area contributed by atoms with Crippen molar-refractivity contribution in [3.05, 3.63) is 70.8 Å². The second kappa shape index (κ2) is 6.65. The maximum Gasteiger partial charge on any atom is 0.162 e. The van der Waals surface area contributed by atoms with Gasteiger partial charge in [0.15, 0.2) is 5.15 Å². The molecule has 0 bridgehead atoms. The number of aromatic nitrogens is 1. The summed E-state index contributed by atoms with van der Waals surface area (Å²) in [5.74, 6) is 0.823. The molecule has 0 saturated heterocycles. The summed E-state index contributed by atoms with van der Waals surface area (Å²) in [4.78, 5) is 2.05. The fraction of sp³-hybridized carbons (Fsp3) is 0.125. The van der Waals surface area contributed by atoms with Crippen molar-refractivity contribution in [2.75, 3.05) is 4.90 Å². The molecule has 2 aromatic heterocycles. The molecule has 0 spiro atoms. The first-order valence-electron chi connectivity index (χ1n) is 6.64. The lowest BCUT2D eigenvalue weighted by Crippen LogP contribution is -2.21. The number of nitriles is 1. The Morgan fingerprint density at radius 2 is 2.00 bits per heavy atom. The summed E-state index contributed by atoms with van der Waals surface area (Å²) in [6.07, 6.45) is 1.64. The predicted molar refractivity (Wildman–Crippen MR) is 86.9 cm³/mol. The molecule has 0 saturated carbocycles. The lowest BCUT2D eigenvalue weighted by molar-refractivity contribution is 0.502. The van der Waals surface area contributed by atoms with Gasteiger partial charge in [0.1, 0.15) is 22.4 Å². The molecule has 110 valence electrons. The predicted octanol–water partition coefficient (Wildman–Crippen LogP) is 4.47. The van der Waals surface area contributed by atoms with Gasteiger partial charge in [-0.25, -0.2) is 0 Å². The van der Waals surface area contributed by atoms with Crippen LogP contribution >= 0.6 is 23.1 Å². The van der Waals surface area contributed by atoms with E-state index in [2.05, 4.69) is 15.3 Å². The highest BCUT2D eigenvalue weighted by Gasteiger charge is 2.19. The van der Waals surface area contributed by atoms with Crippen molar-refractivity contribution in [1.29, 1.82) is 5.26 Å². The third-order valence-corrected chi connectivity index (χ3v) is 4.46. The Morgan fingerprint density at radius 1 is 1.18 bits per heavy atom. The maximum atomic E-state index is 9.31. The third kappa shape index (κ3) is 3.14. The van der Waals surface area contributed by atoms with E-state index >= 15 is 0 Å². The standard InChI is InChI=1S/C16H12ClN3OS/c17-15-14(9-18)16(22-19-15)20(11-13-7-4-8-21-13)10-12-5-2-1-3-6-12/h1-8H,10-11H2. The Kier molecular flexibility index (Phi) is 4.42. The fourth-order valence-corrected chi connectivity index (χ4v) is 3.19. The highest BCUT2D eigenvalue weighted by Crippen LogP contribution is 2.33. The van der Waals surface area contributed by atoms with E-state index in [1.165, 1.54) is 11.5 Å². The van der Waals surface area contributed by atoms with Crippen LogP contribution < -0.4 is 4.90 Å². The Morgan fingerprint density at radius 3 is 2.68 bits per heavy atom. The third-order valence-electron chi connectivity index (χ3n) is 3.17. The maximum absolute atomic E-state index is 9.31. The van der Waals surface area contributed by atoms with Gasteiger partial charge in [0.25, 0.3) is 0 Å². The molecule has 22 heavy (non-hydrogen) atoms. The second-order valence-electron chi connectivity index (χ2n) is 4.69. The number of halogens is 1. The van der Waals surface area contributed by atoms with Gasteiger partial charge in [0.05, 0.1) is 12.8 Å². The van der Waals surface area contributed by atoms with Crippen LogP contribution in [-0.2, 0) is 13.1 Å². The fourth-order valence-electron chi connectivity index (χ4n) is 2.17. The molecule has 0 N–H and O–H groups in total. The number of furan rings is 1. The Bertz CT molecular complexity index is 778. The van der Waals surface area contributed by atoms with Crippen LogP contribution in [0.15, 0.2) is 53.1 Å². The average Bonchev–Trinajstić information content (AvgIpc) is 3.17. The van der Waals surface area contributed by atoms with Crippen molar-refractivity contribution >= 4 is 28.1 Å². The summed E-state index contributed by atoms with van der Waals surface area (Å²) >= 11 is 7.23. The van der Waals surface area contributed by atoms with Gasteiger partial charge in [-0.3, -0.25) is 0 Å². The Balaban J connectivity index is 1.93. The van der Waals surface area contributed by atoms with Crippen molar-refractivity contribution in [1.82, 2.24) is 4.37 Å². The van der Waals surface area contributed by atoms with Crippen molar-refractivity contribution in [3.63, 3.8) is 0 Å². The molecule has 0 fully saturated rings. The lowest BCUT2D eigenvalue weighted by atomic mass is 10.2. The summed E-state index contributed by atoms with van der Waals surface area (Å²) in [7, 11) is 0. The molecule has 4 nitrogen and oxygen atoms in total. The van der Waals surface area contributed by atoms with Gasteiger partial charge in [-0.15, -0.1) is 0 Å². The largest absolute Gasteiger partial charge is 0.467 e. The highest BCUT2D eigenvalue weighted by atomic mass is 35.5. The molecule has 0 atom stereocenters. The first-order valence-corrected chi connectivity index (χ1v) is 7.79. The summed E-state index contributed by atoms with van der Waals surface area (Å²) in [6, 6.07) is 15.9. The van der Waals surface area contributed by atoms with Crippen LogP contribution in [0.2, 0.25) is 5.15 Å². The van der Waals surface area contributed by atoms with Gasteiger partial charge in [0.2, 0.25) is 0 Å². The molecule has 0 aliphatic heterocycles. The lowest BCUT2D eigenvalue weighted by Gasteiger charge is -2.22. The molecule has 0 aliphatic rings. The molecular formula is C16H12ClN3OS. The van der Waals surface area contributed by atoms with Crippen LogP contribution in [0, 0.1) is 11.3 Å². The second-order valence-corrected chi connectivity index (χ2v) is 5.80. The van der Waals surface area contributed by atoms with E-state index in [1.807, 2.05) is 42.5 Å². The minimum Gasteiger partial charge on any atom is -0.467 e. The molecule has 0 unspecified atom stereocenters. The van der Waals surface area contributed by atoms with E-state index in [1.54, 1.807) is 6.26 Å². The van der Waals surface area contributed by atoms with Crippen molar-refractivity contribution < 1.29 is 4.42 Å². The number of nitrogens with zero attached hydrogens (tertiary/aromatic N) is 3. The normalized spacial score (nSPS) is 10.4. The molecule has 3 rings (SSSR count). The molecule has 6 heteroatoms. The SMILES string of the molecule is N#Cc1c(Cl)nsc1N(Cc1ccccc1)Cc1ccco1. The van der Waals surface area contributed by atoms with Crippen LogP contribution in [0.1, 0.15) is 16.9 Å². The van der Waals surface area contributed by atoms with E-state index in [9.17, 15) is 5.26 Å². The topological polar surface area (TPSA) is 53.1 Å². The first-order chi connectivity index (χ1) is 10.8. The van der Waals surface area contributed by atoms with Gasteiger partial charge in [-0.05, 0) is 29.2 Å².